The van der Waals surface area contributed by atoms with Crippen molar-refractivity contribution in [1.82, 2.24) is 34.7 Å². The molecular weight excluding hydrogens is 776 g/mol. The summed E-state index contributed by atoms with van der Waals surface area (Å²) in [4.78, 5) is 34.1. The van der Waals surface area contributed by atoms with Crippen LogP contribution in [-0.4, -0.2) is 51.9 Å². The summed E-state index contributed by atoms with van der Waals surface area (Å²) in [6.45, 7) is 1.52. The van der Waals surface area contributed by atoms with E-state index in [4.69, 9.17) is 15.7 Å². The van der Waals surface area contributed by atoms with Crippen molar-refractivity contribution in [2.24, 2.45) is 0 Å². The molecule has 0 saturated carbocycles. The fourth-order valence-corrected chi connectivity index (χ4v) is 8.44. The highest BCUT2D eigenvalue weighted by Gasteiger charge is 2.29. The third-order valence-corrected chi connectivity index (χ3v) is 11.3. The number of amides is 1. The first-order chi connectivity index (χ1) is 24.8. The van der Waals surface area contributed by atoms with Gasteiger partial charge >= 0.3 is 0 Å². The number of nitrogens with two attached hydrogens (primary N) is 1. The Balaban J connectivity index is 1.01. The molecule has 0 spiro atoms. The summed E-state index contributed by atoms with van der Waals surface area (Å²) in [5.41, 5.74) is 13.0. The van der Waals surface area contributed by atoms with Crippen molar-refractivity contribution in [3.63, 3.8) is 0 Å². The second-order valence-corrected chi connectivity index (χ2v) is 14.7. The van der Waals surface area contributed by atoms with Gasteiger partial charge in [0, 0.05) is 42.6 Å². The first-order valence-electron chi connectivity index (χ1n) is 16.3. The molecule has 3 aromatic carbocycles. The maximum Gasteiger partial charge on any atom is 0.253 e. The number of fused-ring (bicyclic) bond motifs is 2. The molecule has 1 aliphatic heterocycles. The van der Waals surface area contributed by atoms with E-state index in [1.54, 1.807) is 6.20 Å². The Labute approximate surface area is 310 Å². The molecule has 252 valence electrons. The van der Waals surface area contributed by atoms with E-state index in [0.717, 1.165) is 76.5 Å². The zero-order chi connectivity index (χ0) is 35.1. The molecule has 1 amide bonds. The number of likely N-dealkylation sites (tertiary alicyclic amines) is 1. The Morgan fingerprint density at radius 1 is 1.02 bits per heavy atom. The van der Waals surface area contributed by atoms with Gasteiger partial charge in [-0.1, -0.05) is 65.1 Å². The fraction of sp³-hybridized carbons (Fsp3) is 0.158. The lowest BCUT2D eigenvalue weighted by atomic mass is 10.0. The minimum absolute atomic E-state index is 0.0687. The lowest BCUT2D eigenvalue weighted by molar-refractivity contribution is 0.0906. The lowest BCUT2D eigenvalue weighted by Crippen LogP contribution is -2.47. The van der Waals surface area contributed by atoms with E-state index in [1.165, 1.54) is 12.1 Å². The number of nitriles is 1. The number of piperidine rings is 1. The van der Waals surface area contributed by atoms with Gasteiger partial charge < -0.3 is 11.1 Å². The van der Waals surface area contributed by atoms with E-state index in [-0.39, 0.29) is 26.6 Å². The molecule has 1 saturated heterocycles. The molecule has 3 N–H and O–H groups in total. The predicted octanol–water partition coefficient (Wildman–Crippen LogP) is 7.51. The number of nitrogens with zero attached hydrogens (tertiary/aromatic N) is 7. The number of thiazole rings is 1. The van der Waals surface area contributed by atoms with Gasteiger partial charge in [-0.05, 0) is 60.9 Å². The van der Waals surface area contributed by atoms with E-state index >= 15 is 0 Å². The largest absolute Gasteiger partial charge is 0.383 e. The Kier molecular flexibility index (Phi) is 8.89. The number of pyridine rings is 2. The summed E-state index contributed by atoms with van der Waals surface area (Å²) in [5, 5.41) is 12.5. The zero-order valence-electron chi connectivity index (χ0n) is 27.0. The van der Waals surface area contributed by atoms with Crippen LogP contribution in [0.1, 0.15) is 33.8 Å². The number of alkyl halides is 1. The van der Waals surface area contributed by atoms with Crippen molar-refractivity contribution in [3.05, 3.63) is 119 Å². The van der Waals surface area contributed by atoms with E-state index in [0.29, 0.717) is 21.9 Å². The van der Waals surface area contributed by atoms with Crippen LogP contribution in [0.3, 0.4) is 0 Å². The molecule has 1 fully saturated rings. The molecule has 0 radical (unpaired) electrons. The topological polar surface area (TPSA) is 139 Å². The van der Waals surface area contributed by atoms with Crippen LogP contribution in [0, 0.1) is 17.1 Å². The molecule has 7 aromatic rings. The van der Waals surface area contributed by atoms with Crippen LogP contribution in [0.25, 0.3) is 49.7 Å². The molecule has 1 aliphatic rings. The van der Waals surface area contributed by atoms with E-state index in [1.807, 2.05) is 65.2 Å². The monoisotopic (exact) mass is 805 g/mol. The van der Waals surface area contributed by atoms with Crippen LogP contribution < -0.4 is 11.1 Å². The molecule has 4 aromatic heterocycles. The van der Waals surface area contributed by atoms with Gasteiger partial charge in [0.2, 0.25) is 0 Å². The number of halogens is 2. The fourth-order valence-electron chi connectivity index (χ4n) is 6.49. The number of carbonyl (C=O) groups is 1. The van der Waals surface area contributed by atoms with Crippen molar-refractivity contribution < 1.29 is 9.18 Å². The van der Waals surface area contributed by atoms with Crippen LogP contribution in [0.4, 0.5) is 10.2 Å². The van der Waals surface area contributed by atoms with E-state index < -0.39 is 5.82 Å². The average Bonchev–Trinajstić information content (AvgIpc) is 3.74. The Morgan fingerprint density at radius 3 is 2.61 bits per heavy atom. The van der Waals surface area contributed by atoms with Gasteiger partial charge in [0.25, 0.3) is 5.91 Å². The predicted molar refractivity (Wildman–Crippen MR) is 205 cm³/mol. The van der Waals surface area contributed by atoms with Gasteiger partial charge in [0.15, 0.2) is 16.5 Å². The lowest BCUT2D eigenvalue weighted by Gasteiger charge is -2.37. The number of benzene rings is 3. The standard InChI is InChI=1S/C38H29FIN9OS/c39-24-17-28(34-31(18-24)45-33(20-41)51-34)38(50)44-25-14-16-48(32(40)19-25)21-22-8-10-26(11-9-22)49-36(27-7-4-15-43-35(27)42)47-30-13-12-29(46-37(30)49)23-5-2-1-3-6-23/h1-13,15,17-18,25,32H,14,16,19,21H2,(H2,42,43)(H,44,50). The summed E-state index contributed by atoms with van der Waals surface area (Å²) in [6.07, 6.45) is 3.15. The van der Waals surface area contributed by atoms with E-state index in [9.17, 15) is 14.4 Å². The first-order valence-corrected chi connectivity index (χ1v) is 18.3. The average molecular weight is 806 g/mol. The van der Waals surface area contributed by atoms with Crippen LogP contribution in [0.15, 0.2) is 97.2 Å². The second-order valence-electron chi connectivity index (χ2n) is 12.3. The minimum atomic E-state index is -0.554. The first kappa shape index (κ1) is 32.9. The number of hydrogen-bond acceptors (Lipinski definition) is 9. The number of anilines is 1. The highest BCUT2D eigenvalue weighted by molar-refractivity contribution is 14.1. The highest BCUT2D eigenvalue weighted by atomic mass is 127. The molecular formula is C38H29FIN9OS. The molecule has 5 heterocycles. The summed E-state index contributed by atoms with van der Waals surface area (Å²) in [6, 6.07) is 30.6. The number of nitrogens with one attached hydrogen (secondary N) is 1. The quantitative estimate of drug-likeness (QED) is 0.0960. The van der Waals surface area contributed by atoms with Gasteiger partial charge in [-0.3, -0.25) is 14.3 Å². The molecule has 2 atom stereocenters. The van der Waals surface area contributed by atoms with Crippen LogP contribution in [0.2, 0.25) is 0 Å². The molecule has 51 heavy (non-hydrogen) atoms. The molecule has 0 aliphatic carbocycles. The minimum Gasteiger partial charge on any atom is -0.383 e. The molecule has 10 nitrogen and oxygen atoms in total. The normalized spacial score (nSPS) is 16.3. The summed E-state index contributed by atoms with van der Waals surface area (Å²) >= 11 is 3.53. The number of rotatable bonds is 7. The molecule has 2 unspecified atom stereocenters. The number of nitrogen functional groups attached to an aromatic ring is 1. The van der Waals surface area contributed by atoms with Crippen LogP contribution >= 0.6 is 33.9 Å². The van der Waals surface area contributed by atoms with Crippen molar-refractivity contribution in [2.75, 3.05) is 12.3 Å². The Hall–Kier alpha value is -5.30. The van der Waals surface area contributed by atoms with Crippen molar-refractivity contribution >= 4 is 67.0 Å². The highest BCUT2D eigenvalue weighted by Crippen LogP contribution is 2.33. The second kappa shape index (κ2) is 13.8. The van der Waals surface area contributed by atoms with Crippen molar-refractivity contribution in [1.29, 1.82) is 5.26 Å². The van der Waals surface area contributed by atoms with Crippen LogP contribution in [0.5, 0.6) is 0 Å². The summed E-state index contributed by atoms with van der Waals surface area (Å²) < 4.78 is 17.0. The number of carbonyl (C=O) groups excluding carboxylic acids is 1. The molecule has 13 heteroatoms. The number of imidazole rings is 1. The summed E-state index contributed by atoms with van der Waals surface area (Å²) in [5.74, 6) is 0.150. The number of hydrogen-bond donors (Lipinski definition) is 2. The van der Waals surface area contributed by atoms with Gasteiger partial charge in [-0.25, -0.2) is 24.3 Å². The Bertz CT molecular complexity index is 2460. The van der Waals surface area contributed by atoms with Crippen molar-refractivity contribution in [3.8, 4) is 34.4 Å². The number of aromatic nitrogens is 5. The smallest absolute Gasteiger partial charge is 0.253 e. The summed E-state index contributed by atoms with van der Waals surface area (Å²) in [7, 11) is 0. The van der Waals surface area contributed by atoms with Gasteiger partial charge in [0.05, 0.1) is 31.1 Å². The van der Waals surface area contributed by atoms with Gasteiger partial charge in [0.1, 0.15) is 23.2 Å². The Morgan fingerprint density at radius 2 is 1.84 bits per heavy atom. The third kappa shape index (κ3) is 6.53. The molecule has 0 bridgehead atoms. The van der Waals surface area contributed by atoms with Crippen LogP contribution in [-0.2, 0) is 6.54 Å². The third-order valence-electron chi connectivity index (χ3n) is 9.00. The maximum absolute atomic E-state index is 14.3. The zero-order valence-corrected chi connectivity index (χ0v) is 30.0. The maximum atomic E-state index is 14.3. The van der Waals surface area contributed by atoms with Crippen molar-refractivity contribution in [2.45, 2.75) is 29.5 Å². The SMILES string of the molecule is N#Cc1nc2cc(F)cc(C(=O)NC3CCN(Cc4ccc(-n5c(-c6cccnc6N)nc6ccc(-c7ccccc7)nc65)cc4)C(I)C3)c2s1. The molecule has 8 rings (SSSR count). The van der Waals surface area contributed by atoms with Gasteiger partial charge in [-0.15, -0.1) is 11.3 Å². The van der Waals surface area contributed by atoms with E-state index in [2.05, 4.69) is 67.0 Å². The van der Waals surface area contributed by atoms with Gasteiger partial charge in [-0.2, -0.15) is 5.26 Å².